The van der Waals surface area contributed by atoms with E-state index in [4.69, 9.17) is 0 Å². The molecule has 142 valence electrons. The van der Waals surface area contributed by atoms with Crippen molar-refractivity contribution >= 4 is 0 Å². The fourth-order valence-electron chi connectivity index (χ4n) is 4.87. The Balaban J connectivity index is 1.90. The molecule has 0 saturated heterocycles. The van der Waals surface area contributed by atoms with Crippen LogP contribution < -0.4 is 4.57 Å². The lowest BCUT2D eigenvalue weighted by atomic mass is 9.80. The van der Waals surface area contributed by atoms with Crippen molar-refractivity contribution in [2.24, 2.45) is 7.05 Å². The largest absolute Gasteiger partial charge is 0.217 e. The molecular weight excluding hydrogens is 350 g/mol. The predicted octanol–water partition coefficient (Wildman–Crippen LogP) is 6.23. The van der Waals surface area contributed by atoms with Crippen LogP contribution in [0.4, 0.5) is 0 Å². The van der Waals surface area contributed by atoms with E-state index in [1.807, 2.05) is 0 Å². The van der Waals surface area contributed by atoms with Crippen LogP contribution in [0.15, 0.2) is 78.9 Å². The van der Waals surface area contributed by atoms with Gasteiger partial charge in [-0.3, -0.25) is 0 Å². The van der Waals surface area contributed by atoms with Crippen LogP contribution in [0.1, 0.15) is 22.3 Å². The fraction of sp³-hybridized carbons (Fsp3) is 0.179. The molecule has 1 aliphatic carbocycles. The van der Waals surface area contributed by atoms with Gasteiger partial charge in [0.1, 0.15) is 7.05 Å². The Morgan fingerprint density at radius 3 is 1.93 bits per heavy atom. The van der Waals surface area contributed by atoms with Crippen LogP contribution in [0.3, 0.4) is 0 Å². The first kappa shape index (κ1) is 17.9. The van der Waals surface area contributed by atoms with E-state index in [1.165, 1.54) is 55.9 Å². The molecule has 0 fully saturated rings. The van der Waals surface area contributed by atoms with Crippen molar-refractivity contribution in [2.45, 2.75) is 26.7 Å². The van der Waals surface area contributed by atoms with Crippen molar-refractivity contribution < 1.29 is 4.57 Å². The average molecular weight is 377 g/mol. The molecule has 29 heavy (non-hydrogen) atoms. The van der Waals surface area contributed by atoms with E-state index in [1.54, 1.807) is 0 Å². The molecule has 4 aromatic rings. The minimum atomic E-state index is 1.08. The Hall–Kier alpha value is -3.19. The van der Waals surface area contributed by atoms with Crippen molar-refractivity contribution in [3.63, 3.8) is 0 Å². The molecule has 0 aliphatic heterocycles. The first-order valence-electron chi connectivity index (χ1n) is 10.4. The summed E-state index contributed by atoms with van der Waals surface area (Å²) in [6.45, 7) is 4.51. The second kappa shape index (κ2) is 7.00. The Kier molecular flexibility index (Phi) is 4.32. The number of pyridine rings is 1. The van der Waals surface area contributed by atoms with Gasteiger partial charge >= 0.3 is 0 Å². The Morgan fingerprint density at radius 2 is 1.24 bits per heavy atom. The standard InChI is InChI=1S/C28H26N/c1-19-14-15-20(2)27-23(19)16-17-24-25(21-10-6-4-7-11-21)18-26(29(3)28(24)27)22-12-8-5-9-13-22/h4-15,18H,16-17H2,1-3H3/q+1. The number of rotatable bonds is 2. The molecule has 5 rings (SSSR count). The van der Waals surface area contributed by atoms with E-state index in [0.29, 0.717) is 0 Å². The number of fused-ring (bicyclic) bond motifs is 3. The van der Waals surface area contributed by atoms with Gasteiger partial charge in [-0.25, -0.2) is 0 Å². The highest BCUT2D eigenvalue weighted by atomic mass is 15.0. The van der Waals surface area contributed by atoms with Gasteiger partial charge in [-0.05, 0) is 66.6 Å². The number of benzene rings is 3. The average Bonchev–Trinajstić information content (AvgIpc) is 2.77. The normalized spacial score (nSPS) is 12.4. The van der Waals surface area contributed by atoms with Crippen LogP contribution in [-0.2, 0) is 19.9 Å². The van der Waals surface area contributed by atoms with Crippen LogP contribution in [0.5, 0.6) is 0 Å². The van der Waals surface area contributed by atoms with E-state index in [9.17, 15) is 0 Å². The van der Waals surface area contributed by atoms with Crippen LogP contribution >= 0.6 is 0 Å². The maximum atomic E-state index is 2.42. The van der Waals surface area contributed by atoms with Gasteiger partial charge in [0, 0.05) is 17.2 Å². The molecule has 0 atom stereocenters. The second-order valence-corrected chi connectivity index (χ2v) is 8.11. The highest BCUT2D eigenvalue weighted by Gasteiger charge is 2.31. The molecule has 0 unspecified atom stereocenters. The SMILES string of the molecule is Cc1ccc(C)c2c1CCc1c(-c3ccccc3)cc(-c3ccccc3)[n+](C)c1-2. The summed E-state index contributed by atoms with van der Waals surface area (Å²) in [5.41, 5.74) is 13.8. The molecule has 0 bridgehead atoms. The third-order valence-corrected chi connectivity index (χ3v) is 6.36. The number of hydrogen-bond acceptors (Lipinski definition) is 0. The lowest BCUT2D eigenvalue weighted by Gasteiger charge is -2.24. The monoisotopic (exact) mass is 376 g/mol. The van der Waals surface area contributed by atoms with Gasteiger partial charge in [0.25, 0.3) is 0 Å². The first-order chi connectivity index (χ1) is 14.1. The zero-order valence-corrected chi connectivity index (χ0v) is 17.4. The Bertz CT molecular complexity index is 1200. The first-order valence-corrected chi connectivity index (χ1v) is 10.4. The molecule has 0 N–H and O–H groups in total. The van der Waals surface area contributed by atoms with E-state index in [2.05, 4.69) is 104 Å². The Labute approximate surface area is 173 Å². The van der Waals surface area contributed by atoms with Crippen molar-refractivity contribution in [3.8, 4) is 33.6 Å². The molecule has 0 radical (unpaired) electrons. The van der Waals surface area contributed by atoms with Crippen LogP contribution in [0.2, 0.25) is 0 Å². The summed E-state index contributed by atoms with van der Waals surface area (Å²) < 4.78 is 2.42. The van der Waals surface area contributed by atoms with Crippen LogP contribution in [0.25, 0.3) is 33.6 Å². The second-order valence-electron chi connectivity index (χ2n) is 8.11. The van der Waals surface area contributed by atoms with Crippen molar-refractivity contribution in [2.75, 3.05) is 0 Å². The summed E-state index contributed by atoms with van der Waals surface area (Å²) in [6.07, 6.45) is 2.19. The zero-order valence-electron chi connectivity index (χ0n) is 17.4. The van der Waals surface area contributed by atoms with Gasteiger partial charge in [-0.15, -0.1) is 0 Å². The smallest absolute Gasteiger partial charge is 0.194 e. The predicted molar refractivity (Wildman–Crippen MR) is 121 cm³/mol. The van der Waals surface area contributed by atoms with Gasteiger partial charge < -0.3 is 0 Å². The topological polar surface area (TPSA) is 3.88 Å². The molecule has 1 nitrogen and oxygen atoms in total. The number of aryl methyl sites for hydroxylation is 2. The molecule has 0 saturated carbocycles. The molecule has 3 aromatic carbocycles. The van der Waals surface area contributed by atoms with Crippen LogP contribution in [-0.4, -0.2) is 0 Å². The van der Waals surface area contributed by atoms with Gasteiger partial charge in [0.15, 0.2) is 0 Å². The minimum Gasteiger partial charge on any atom is -0.194 e. The third kappa shape index (κ3) is 2.89. The lowest BCUT2D eigenvalue weighted by Crippen LogP contribution is -2.37. The van der Waals surface area contributed by atoms with E-state index < -0.39 is 0 Å². The van der Waals surface area contributed by atoms with E-state index >= 15 is 0 Å². The minimum absolute atomic E-state index is 1.08. The number of nitrogens with zero attached hydrogens (tertiary/aromatic N) is 1. The maximum Gasteiger partial charge on any atom is 0.217 e. The van der Waals surface area contributed by atoms with Gasteiger partial charge in [-0.2, -0.15) is 4.57 Å². The molecular formula is C28H26N+. The molecule has 1 aliphatic rings. The summed E-state index contributed by atoms with van der Waals surface area (Å²) in [5, 5.41) is 0. The van der Waals surface area contributed by atoms with E-state index in [-0.39, 0.29) is 0 Å². The zero-order chi connectivity index (χ0) is 20.0. The summed E-state index contributed by atoms with van der Waals surface area (Å²) in [4.78, 5) is 0. The summed E-state index contributed by atoms with van der Waals surface area (Å²) in [7, 11) is 2.23. The lowest BCUT2D eigenvalue weighted by molar-refractivity contribution is -0.649. The molecule has 0 spiro atoms. The summed E-state index contributed by atoms with van der Waals surface area (Å²) >= 11 is 0. The summed E-state index contributed by atoms with van der Waals surface area (Å²) in [5.74, 6) is 0. The van der Waals surface area contributed by atoms with Gasteiger partial charge in [0.05, 0.1) is 5.56 Å². The highest BCUT2D eigenvalue weighted by molar-refractivity contribution is 5.82. The van der Waals surface area contributed by atoms with Gasteiger partial charge in [-0.1, -0.05) is 60.7 Å². The van der Waals surface area contributed by atoms with Gasteiger partial charge in [0.2, 0.25) is 11.4 Å². The maximum absolute atomic E-state index is 2.42. The molecule has 1 heteroatoms. The molecule has 0 amide bonds. The fourth-order valence-corrected chi connectivity index (χ4v) is 4.87. The molecule has 1 aromatic heterocycles. The molecule has 1 heterocycles. The number of hydrogen-bond donors (Lipinski definition) is 0. The van der Waals surface area contributed by atoms with Crippen LogP contribution in [0, 0.1) is 13.8 Å². The third-order valence-electron chi connectivity index (χ3n) is 6.36. The van der Waals surface area contributed by atoms with Crippen molar-refractivity contribution in [3.05, 3.63) is 101 Å². The number of aromatic nitrogens is 1. The van der Waals surface area contributed by atoms with Crippen molar-refractivity contribution in [1.29, 1.82) is 0 Å². The van der Waals surface area contributed by atoms with E-state index in [0.717, 1.165) is 12.8 Å². The summed E-state index contributed by atoms with van der Waals surface area (Å²) in [6, 6.07) is 28.6. The van der Waals surface area contributed by atoms with Crippen molar-refractivity contribution in [1.82, 2.24) is 0 Å². The quantitative estimate of drug-likeness (QED) is 0.365. The highest BCUT2D eigenvalue weighted by Crippen LogP contribution is 2.41. The Morgan fingerprint density at radius 1 is 0.655 bits per heavy atom.